The number of hydrogen-bond donors (Lipinski definition) is 2. The van der Waals surface area contributed by atoms with Gasteiger partial charge in [-0.25, -0.2) is 19.9 Å². The number of nitrogens with one attached hydrogen (secondary N) is 2. The van der Waals surface area contributed by atoms with Crippen LogP contribution < -0.4 is 20.5 Å². The molecule has 2 fully saturated rings. The van der Waals surface area contributed by atoms with Crippen molar-refractivity contribution in [3.8, 4) is 17.1 Å². The minimum absolute atomic E-state index is 0.123. The molecule has 15 heteroatoms. The van der Waals surface area contributed by atoms with Crippen LogP contribution in [-0.4, -0.2) is 88.1 Å². The molecule has 3 aromatic rings. The fourth-order valence-electron chi connectivity index (χ4n) is 5.39. The van der Waals surface area contributed by atoms with Crippen LogP contribution in [-0.2, 0) is 12.7 Å². The minimum atomic E-state index is -4.65. The first-order valence-electron chi connectivity index (χ1n) is 14.4. The van der Waals surface area contributed by atoms with E-state index in [4.69, 9.17) is 4.74 Å². The first-order valence-corrected chi connectivity index (χ1v) is 15.2. The lowest BCUT2D eigenvalue weighted by atomic mass is 10.1. The van der Waals surface area contributed by atoms with Gasteiger partial charge in [-0.15, -0.1) is 0 Å². The van der Waals surface area contributed by atoms with Crippen molar-refractivity contribution < 1.29 is 22.7 Å². The van der Waals surface area contributed by atoms with Crippen molar-refractivity contribution in [1.29, 1.82) is 0 Å². The van der Waals surface area contributed by atoms with Crippen molar-refractivity contribution >= 4 is 28.2 Å². The molecule has 3 aromatic heterocycles. The summed E-state index contributed by atoms with van der Waals surface area (Å²) < 4.78 is 46.1. The van der Waals surface area contributed by atoms with E-state index in [1.165, 1.54) is 23.7 Å². The summed E-state index contributed by atoms with van der Waals surface area (Å²) in [6, 6.07) is 1.34. The SMILES string of the molecule is CCCN1CCN(c2cnc(C(=O)NNc3nc(-c4cnc(OC)c(C(F)(F)F)c4)c(CN4CCC[C@H]4C)s3)cn2)CC1. The molecular formula is C28H36F3N9O2S. The Hall–Kier alpha value is -3.56. The van der Waals surface area contributed by atoms with Gasteiger partial charge in [0.05, 0.1) is 25.2 Å². The van der Waals surface area contributed by atoms with Gasteiger partial charge < -0.3 is 9.64 Å². The number of nitrogens with zero attached hydrogens (tertiary/aromatic N) is 7. The zero-order valence-corrected chi connectivity index (χ0v) is 25.3. The highest BCUT2D eigenvalue weighted by Gasteiger charge is 2.36. The number of ether oxygens (including phenoxy) is 1. The monoisotopic (exact) mass is 619 g/mol. The molecule has 2 N–H and O–H groups in total. The Balaban J connectivity index is 1.30. The number of amides is 1. The third kappa shape index (κ3) is 7.33. The number of likely N-dealkylation sites (tertiary alicyclic amines) is 1. The second-order valence-electron chi connectivity index (χ2n) is 10.7. The van der Waals surface area contributed by atoms with Crippen molar-refractivity contribution in [2.75, 3.05) is 56.7 Å². The summed E-state index contributed by atoms with van der Waals surface area (Å²) in [5.74, 6) is -0.293. The van der Waals surface area contributed by atoms with Crippen molar-refractivity contribution in [1.82, 2.24) is 35.2 Å². The van der Waals surface area contributed by atoms with Gasteiger partial charge in [-0.1, -0.05) is 18.3 Å². The highest BCUT2D eigenvalue weighted by Crippen LogP contribution is 2.39. The van der Waals surface area contributed by atoms with E-state index in [9.17, 15) is 18.0 Å². The average Bonchev–Trinajstić information content (AvgIpc) is 3.61. The summed E-state index contributed by atoms with van der Waals surface area (Å²) >= 11 is 1.26. The molecule has 2 saturated heterocycles. The zero-order chi connectivity index (χ0) is 30.6. The summed E-state index contributed by atoms with van der Waals surface area (Å²) in [6.45, 7) is 10.4. The lowest BCUT2D eigenvalue weighted by Crippen LogP contribution is -2.46. The predicted molar refractivity (Wildman–Crippen MR) is 158 cm³/mol. The number of rotatable bonds is 10. The summed E-state index contributed by atoms with van der Waals surface area (Å²) in [5.41, 5.74) is 5.12. The van der Waals surface area contributed by atoms with Crippen LogP contribution in [0.25, 0.3) is 11.3 Å². The van der Waals surface area contributed by atoms with E-state index in [1.807, 2.05) is 0 Å². The van der Waals surface area contributed by atoms with Crippen LogP contribution >= 0.6 is 11.3 Å². The third-order valence-electron chi connectivity index (χ3n) is 7.75. The fourth-order valence-corrected chi connectivity index (χ4v) is 6.35. The van der Waals surface area contributed by atoms with Gasteiger partial charge in [0, 0.05) is 55.4 Å². The minimum Gasteiger partial charge on any atom is -0.481 e. The maximum absolute atomic E-state index is 13.7. The van der Waals surface area contributed by atoms with E-state index in [0.29, 0.717) is 23.4 Å². The molecule has 1 atom stereocenters. The molecule has 0 bridgehead atoms. The summed E-state index contributed by atoms with van der Waals surface area (Å²) in [4.78, 5) is 37.6. The molecule has 43 heavy (non-hydrogen) atoms. The first-order chi connectivity index (χ1) is 20.7. The smallest absolute Gasteiger partial charge is 0.421 e. The standard InChI is InChI=1S/C28H36F3N9O2S/c1-4-7-38-9-11-39(12-10-38)23-16-32-21(15-33-23)25(41)36-37-27-35-24(22(43-27)17-40-8-5-6-18(40)2)19-13-20(28(29,30)31)26(42-3)34-14-19/h13-16,18H,4-12,17H2,1-3H3,(H,35,37)(H,36,41)/t18-/m1/s1. The topological polar surface area (TPSA) is 112 Å². The van der Waals surface area contributed by atoms with Crippen LogP contribution in [0.4, 0.5) is 24.1 Å². The summed E-state index contributed by atoms with van der Waals surface area (Å²) in [6.07, 6.45) is 2.92. The lowest BCUT2D eigenvalue weighted by Gasteiger charge is -2.35. The predicted octanol–water partition coefficient (Wildman–Crippen LogP) is 4.30. The number of hydrazine groups is 1. The van der Waals surface area contributed by atoms with Crippen LogP contribution in [0.3, 0.4) is 0 Å². The van der Waals surface area contributed by atoms with Gasteiger partial charge in [0.1, 0.15) is 17.1 Å². The number of pyridine rings is 1. The molecular weight excluding hydrogens is 583 g/mol. The highest BCUT2D eigenvalue weighted by molar-refractivity contribution is 7.16. The van der Waals surface area contributed by atoms with Crippen molar-refractivity contribution in [3.63, 3.8) is 0 Å². The van der Waals surface area contributed by atoms with E-state index in [0.717, 1.165) is 82.4 Å². The molecule has 0 saturated carbocycles. The largest absolute Gasteiger partial charge is 0.481 e. The Bertz CT molecular complexity index is 1400. The van der Waals surface area contributed by atoms with Gasteiger partial charge in [0.25, 0.3) is 5.91 Å². The first kappa shape index (κ1) is 30.9. The number of hydrogen-bond acceptors (Lipinski definition) is 11. The second-order valence-corrected chi connectivity index (χ2v) is 11.8. The average molecular weight is 620 g/mol. The zero-order valence-electron chi connectivity index (χ0n) is 24.4. The number of halogens is 3. The molecule has 0 aromatic carbocycles. The number of carbonyl (C=O) groups excluding carboxylic acids is 1. The number of carbonyl (C=O) groups is 1. The number of alkyl halides is 3. The Labute approximate surface area is 252 Å². The Kier molecular flexibility index (Phi) is 9.62. The Morgan fingerprint density at radius 1 is 1.12 bits per heavy atom. The molecule has 1 amide bonds. The molecule has 0 aliphatic carbocycles. The lowest BCUT2D eigenvalue weighted by molar-refractivity contribution is -0.139. The molecule has 5 heterocycles. The van der Waals surface area contributed by atoms with Gasteiger partial charge in [-0.2, -0.15) is 13.2 Å². The maximum atomic E-state index is 13.7. The number of anilines is 2. The molecule has 5 rings (SSSR count). The van der Waals surface area contributed by atoms with Crippen LogP contribution in [0, 0.1) is 0 Å². The molecule has 11 nitrogen and oxygen atoms in total. The van der Waals surface area contributed by atoms with E-state index >= 15 is 0 Å². The van der Waals surface area contributed by atoms with Crippen molar-refractivity contribution in [2.24, 2.45) is 0 Å². The van der Waals surface area contributed by atoms with Gasteiger partial charge in [-0.3, -0.25) is 25.4 Å². The van der Waals surface area contributed by atoms with Gasteiger partial charge in [-0.05, 0) is 45.3 Å². The van der Waals surface area contributed by atoms with Crippen LogP contribution in [0.1, 0.15) is 54.0 Å². The fraction of sp³-hybridized carbons (Fsp3) is 0.536. The molecule has 0 unspecified atom stereocenters. The Morgan fingerprint density at radius 3 is 2.53 bits per heavy atom. The highest BCUT2D eigenvalue weighted by atomic mass is 32.1. The molecule has 232 valence electrons. The third-order valence-corrected chi connectivity index (χ3v) is 8.70. The van der Waals surface area contributed by atoms with E-state index in [-0.39, 0.29) is 11.3 Å². The number of thiazole rings is 1. The molecule has 0 radical (unpaired) electrons. The quantitative estimate of drug-likeness (QED) is 0.319. The van der Waals surface area contributed by atoms with Crippen molar-refractivity contribution in [2.45, 2.75) is 51.9 Å². The maximum Gasteiger partial charge on any atom is 0.421 e. The number of aromatic nitrogens is 4. The normalized spacial score (nSPS) is 18.2. The van der Waals surface area contributed by atoms with E-state index in [2.05, 4.69) is 59.3 Å². The molecule has 0 spiro atoms. The van der Waals surface area contributed by atoms with E-state index in [1.54, 1.807) is 6.20 Å². The van der Waals surface area contributed by atoms with E-state index < -0.39 is 23.5 Å². The number of piperazine rings is 1. The Morgan fingerprint density at radius 2 is 1.91 bits per heavy atom. The van der Waals surface area contributed by atoms with Gasteiger partial charge in [0.2, 0.25) is 11.0 Å². The van der Waals surface area contributed by atoms with Crippen LogP contribution in [0.15, 0.2) is 24.7 Å². The van der Waals surface area contributed by atoms with Crippen LogP contribution in [0.2, 0.25) is 0 Å². The molecule has 2 aliphatic rings. The molecule has 2 aliphatic heterocycles. The van der Waals surface area contributed by atoms with Gasteiger partial charge >= 0.3 is 6.18 Å². The number of methoxy groups -OCH3 is 1. The van der Waals surface area contributed by atoms with Gasteiger partial charge in [0.15, 0.2) is 0 Å². The summed E-state index contributed by atoms with van der Waals surface area (Å²) in [7, 11) is 1.15. The second kappa shape index (κ2) is 13.4. The summed E-state index contributed by atoms with van der Waals surface area (Å²) in [5, 5.41) is 0.323. The van der Waals surface area contributed by atoms with Crippen molar-refractivity contribution in [3.05, 3.63) is 40.8 Å². The van der Waals surface area contributed by atoms with Crippen LogP contribution in [0.5, 0.6) is 5.88 Å².